The second-order valence-corrected chi connectivity index (χ2v) is 7.54. The third kappa shape index (κ3) is 3.20. The standard InChI is InChI=1S/C18H24N2O2S/c1-3-15(17(21)19-14-10-6-4-8-12(14)2)20-18(22)13-9-5-7-11-16(13)23-20/h5,7,9,11-12,14-15H,3-4,6,8,10H2,1-2H3,(H,19,21). The van der Waals surface area contributed by atoms with E-state index in [1.165, 1.54) is 30.8 Å². The molecule has 1 aromatic heterocycles. The maximum absolute atomic E-state index is 12.8. The molecule has 0 radical (unpaired) electrons. The molecular weight excluding hydrogens is 308 g/mol. The second kappa shape index (κ2) is 6.87. The number of hydrogen-bond acceptors (Lipinski definition) is 3. The summed E-state index contributed by atoms with van der Waals surface area (Å²) in [5, 5.41) is 3.90. The highest BCUT2D eigenvalue weighted by molar-refractivity contribution is 7.14. The van der Waals surface area contributed by atoms with Crippen LogP contribution in [0.25, 0.3) is 10.1 Å². The van der Waals surface area contributed by atoms with E-state index in [4.69, 9.17) is 0 Å². The summed E-state index contributed by atoms with van der Waals surface area (Å²) in [5.74, 6) is 0.504. The van der Waals surface area contributed by atoms with Crippen LogP contribution < -0.4 is 10.9 Å². The number of carbonyl (C=O) groups is 1. The molecule has 23 heavy (non-hydrogen) atoms. The van der Waals surface area contributed by atoms with Gasteiger partial charge in [0, 0.05) is 6.04 Å². The van der Waals surface area contributed by atoms with Crippen molar-refractivity contribution in [3.63, 3.8) is 0 Å². The highest BCUT2D eigenvalue weighted by Gasteiger charge is 2.28. The predicted octanol–water partition coefficient (Wildman–Crippen LogP) is 3.71. The normalized spacial score (nSPS) is 22.9. The van der Waals surface area contributed by atoms with E-state index in [0.717, 1.165) is 11.1 Å². The molecule has 3 rings (SSSR count). The van der Waals surface area contributed by atoms with Gasteiger partial charge < -0.3 is 5.32 Å². The Morgan fingerprint density at radius 1 is 1.35 bits per heavy atom. The topological polar surface area (TPSA) is 51.1 Å². The van der Waals surface area contributed by atoms with Crippen molar-refractivity contribution in [1.82, 2.24) is 9.27 Å². The van der Waals surface area contributed by atoms with Crippen LogP contribution in [0.5, 0.6) is 0 Å². The van der Waals surface area contributed by atoms with Crippen LogP contribution in [-0.4, -0.2) is 15.9 Å². The molecule has 0 aliphatic heterocycles. The van der Waals surface area contributed by atoms with Gasteiger partial charge in [-0.15, -0.1) is 0 Å². The Labute approximate surface area is 140 Å². The molecule has 4 nitrogen and oxygen atoms in total. The molecule has 3 atom stereocenters. The van der Waals surface area contributed by atoms with Crippen molar-refractivity contribution >= 4 is 27.5 Å². The largest absolute Gasteiger partial charge is 0.351 e. The molecule has 1 aromatic carbocycles. The molecule has 124 valence electrons. The van der Waals surface area contributed by atoms with E-state index in [1.54, 1.807) is 3.96 Å². The van der Waals surface area contributed by atoms with Gasteiger partial charge in [-0.05, 0) is 37.3 Å². The Kier molecular flexibility index (Phi) is 4.85. The van der Waals surface area contributed by atoms with Crippen LogP contribution in [0.15, 0.2) is 29.1 Å². The maximum Gasteiger partial charge on any atom is 0.269 e. The molecule has 1 heterocycles. The fraction of sp³-hybridized carbons (Fsp3) is 0.556. The number of fused-ring (bicyclic) bond motifs is 1. The molecule has 0 spiro atoms. The summed E-state index contributed by atoms with van der Waals surface area (Å²) >= 11 is 1.39. The number of benzene rings is 1. The molecule has 1 amide bonds. The first-order valence-electron chi connectivity index (χ1n) is 8.52. The Morgan fingerprint density at radius 2 is 2.09 bits per heavy atom. The van der Waals surface area contributed by atoms with Crippen molar-refractivity contribution in [2.45, 2.75) is 58.0 Å². The Bertz CT molecular complexity index is 749. The number of hydrogen-bond donors (Lipinski definition) is 1. The summed E-state index contributed by atoms with van der Waals surface area (Å²) in [7, 11) is 0. The Hall–Kier alpha value is -1.62. The van der Waals surface area contributed by atoms with Crippen LogP contribution in [0.2, 0.25) is 0 Å². The van der Waals surface area contributed by atoms with Crippen LogP contribution >= 0.6 is 11.5 Å². The van der Waals surface area contributed by atoms with E-state index < -0.39 is 6.04 Å². The second-order valence-electron chi connectivity index (χ2n) is 6.52. The quantitative estimate of drug-likeness (QED) is 0.928. The molecule has 1 saturated carbocycles. The molecule has 0 saturated heterocycles. The van der Waals surface area contributed by atoms with Gasteiger partial charge in [-0.2, -0.15) is 0 Å². The molecule has 3 unspecified atom stereocenters. The van der Waals surface area contributed by atoms with Crippen LogP contribution in [0.4, 0.5) is 0 Å². The fourth-order valence-corrected chi connectivity index (χ4v) is 4.62. The van der Waals surface area contributed by atoms with Crippen molar-refractivity contribution in [3.8, 4) is 0 Å². The number of amides is 1. The zero-order chi connectivity index (χ0) is 16.4. The minimum absolute atomic E-state index is 0.0140. The fourth-order valence-electron chi connectivity index (χ4n) is 3.46. The monoisotopic (exact) mass is 332 g/mol. The van der Waals surface area contributed by atoms with Crippen LogP contribution in [0, 0.1) is 5.92 Å². The van der Waals surface area contributed by atoms with E-state index >= 15 is 0 Å². The van der Waals surface area contributed by atoms with Crippen molar-refractivity contribution in [2.75, 3.05) is 0 Å². The van der Waals surface area contributed by atoms with E-state index in [0.29, 0.717) is 17.7 Å². The summed E-state index contributed by atoms with van der Waals surface area (Å²) in [4.78, 5) is 25.3. The lowest BCUT2D eigenvalue weighted by Gasteiger charge is -2.30. The Balaban J connectivity index is 1.84. The van der Waals surface area contributed by atoms with Gasteiger partial charge in [0.05, 0.1) is 10.1 Å². The molecule has 1 fully saturated rings. The summed E-state index contributed by atoms with van der Waals surface area (Å²) in [6, 6.07) is 7.40. The highest BCUT2D eigenvalue weighted by atomic mass is 32.1. The van der Waals surface area contributed by atoms with Crippen molar-refractivity contribution < 1.29 is 4.79 Å². The summed E-state index contributed by atoms with van der Waals surface area (Å²) in [5.41, 5.74) is -0.0516. The third-order valence-electron chi connectivity index (χ3n) is 4.93. The van der Waals surface area contributed by atoms with Gasteiger partial charge in [-0.3, -0.25) is 13.5 Å². The molecule has 0 bridgehead atoms. The van der Waals surface area contributed by atoms with Crippen molar-refractivity contribution in [2.24, 2.45) is 5.92 Å². The first-order valence-corrected chi connectivity index (χ1v) is 9.30. The third-order valence-corrected chi connectivity index (χ3v) is 6.10. The number of rotatable bonds is 4. The first kappa shape index (κ1) is 16.2. The minimum atomic E-state index is -0.408. The van der Waals surface area contributed by atoms with E-state index in [-0.39, 0.29) is 17.5 Å². The SMILES string of the molecule is CCC(C(=O)NC1CCCCC1C)n1sc2ccccc2c1=O. The van der Waals surface area contributed by atoms with Gasteiger partial charge in [0.1, 0.15) is 6.04 Å². The zero-order valence-corrected chi connectivity index (χ0v) is 14.6. The number of nitrogens with one attached hydrogen (secondary N) is 1. The number of nitrogens with zero attached hydrogens (tertiary/aromatic N) is 1. The van der Waals surface area contributed by atoms with Crippen LogP contribution in [0.3, 0.4) is 0 Å². The average Bonchev–Trinajstić information content (AvgIpc) is 2.88. The summed E-state index contributed by atoms with van der Waals surface area (Å²) in [6.45, 7) is 4.17. The van der Waals surface area contributed by atoms with Crippen LogP contribution in [-0.2, 0) is 4.79 Å². The van der Waals surface area contributed by atoms with Crippen LogP contribution in [0.1, 0.15) is 52.0 Å². The van der Waals surface area contributed by atoms with Gasteiger partial charge in [0.25, 0.3) is 5.56 Å². The minimum Gasteiger partial charge on any atom is -0.351 e. The predicted molar refractivity (Wildman–Crippen MR) is 95.0 cm³/mol. The lowest BCUT2D eigenvalue weighted by Crippen LogP contribution is -2.45. The molecule has 2 aromatic rings. The highest BCUT2D eigenvalue weighted by Crippen LogP contribution is 2.26. The van der Waals surface area contributed by atoms with E-state index in [2.05, 4.69) is 12.2 Å². The lowest BCUT2D eigenvalue weighted by atomic mass is 9.86. The molecule has 5 heteroatoms. The van der Waals surface area contributed by atoms with E-state index in [9.17, 15) is 9.59 Å². The number of carbonyl (C=O) groups excluding carboxylic acids is 1. The molecule has 1 N–H and O–H groups in total. The molecule has 1 aliphatic rings. The Morgan fingerprint density at radius 3 is 2.78 bits per heavy atom. The molecule has 1 aliphatic carbocycles. The van der Waals surface area contributed by atoms with Crippen molar-refractivity contribution in [3.05, 3.63) is 34.6 Å². The average molecular weight is 332 g/mol. The van der Waals surface area contributed by atoms with Gasteiger partial charge in [-0.1, -0.05) is 50.4 Å². The maximum atomic E-state index is 12.8. The zero-order valence-electron chi connectivity index (χ0n) is 13.7. The summed E-state index contributed by atoms with van der Waals surface area (Å²) in [6.07, 6.45) is 5.27. The van der Waals surface area contributed by atoms with Gasteiger partial charge in [0.2, 0.25) is 5.91 Å². The van der Waals surface area contributed by atoms with Gasteiger partial charge >= 0.3 is 0 Å². The first-order chi connectivity index (χ1) is 11.1. The lowest BCUT2D eigenvalue weighted by molar-refractivity contribution is -0.125. The van der Waals surface area contributed by atoms with E-state index in [1.807, 2.05) is 31.2 Å². The summed E-state index contributed by atoms with van der Waals surface area (Å²) < 4.78 is 2.59. The van der Waals surface area contributed by atoms with Gasteiger partial charge in [0.15, 0.2) is 0 Å². The molecular formula is C18H24N2O2S. The number of aromatic nitrogens is 1. The smallest absolute Gasteiger partial charge is 0.269 e. The van der Waals surface area contributed by atoms with Gasteiger partial charge in [-0.25, -0.2) is 0 Å². The van der Waals surface area contributed by atoms with Crippen molar-refractivity contribution in [1.29, 1.82) is 0 Å².